The number of halogens is 2. The number of hydrogen-bond acceptors (Lipinski definition) is 4. The van der Waals surface area contributed by atoms with Crippen LogP contribution in [0.15, 0.2) is 15.9 Å². The molecule has 28 heavy (non-hydrogen) atoms. The summed E-state index contributed by atoms with van der Waals surface area (Å²) in [4.78, 5) is 30.2. The van der Waals surface area contributed by atoms with Crippen LogP contribution < -0.4 is 46.3 Å². The quantitative estimate of drug-likeness (QED) is 0.402. The molecule has 0 aliphatic carbocycles. The number of fused-ring (bicyclic) bond motifs is 1. The van der Waals surface area contributed by atoms with Gasteiger partial charge in [-0.3, -0.25) is 13.9 Å². The fraction of sp³-hybridized carbons (Fsp3) is 0.706. The maximum atomic E-state index is 12.4. The van der Waals surface area contributed by atoms with Crippen LogP contribution in [0.4, 0.5) is 0 Å². The first-order chi connectivity index (χ1) is 12.6. The lowest BCUT2D eigenvalue weighted by molar-refractivity contribution is -0.909. The van der Waals surface area contributed by atoms with Gasteiger partial charge in [-0.25, -0.2) is 9.78 Å². The number of nitrogens with zero attached hydrogens (tertiary/aromatic N) is 4. The van der Waals surface area contributed by atoms with E-state index in [0.29, 0.717) is 11.2 Å². The van der Waals surface area contributed by atoms with E-state index in [-0.39, 0.29) is 36.1 Å². The third-order valence-electron chi connectivity index (χ3n) is 5.16. The van der Waals surface area contributed by atoms with E-state index in [9.17, 15) is 9.59 Å². The highest BCUT2D eigenvalue weighted by Crippen LogP contribution is 2.05. The minimum Gasteiger partial charge on any atom is -1.00 e. The lowest BCUT2D eigenvalue weighted by Crippen LogP contribution is -3.14. The third-order valence-corrected chi connectivity index (χ3v) is 5.16. The molecule has 9 nitrogen and oxygen atoms in total. The molecule has 0 saturated carbocycles. The van der Waals surface area contributed by atoms with Crippen LogP contribution in [0.1, 0.15) is 12.8 Å². The van der Waals surface area contributed by atoms with Crippen LogP contribution in [-0.2, 0) is 25.4 Å². The van der Waals surface area contributed by atoms with Crippen molar-refractivity contribution in [1.29, 1.82) is 0 Å². The maximum Gasteiger partial charge on any atom is 0.332 e. The highest BCUT2D eigenvalue weighted by atomic mass is 35.5. The normalized spacial score (nSPS) is 14.6. The average molecular weight is 437 g/mol. The highest BCUT2D eigenvalue weighted by molar-refractivity contribution is 5.69. The Balaban J connectivity index is 0.00000196. The van der Waals surface area contributed by atoms with Crippen LogP contribution in [0.2, 0.25) is 0 Å². The molecule has 0 spiro atoms. The molecule has 2 aromatic heterocycles. The first-order valence-corrected chi connectivity index (χ1v) is 9.43. The average Bonchev–Trinajstić information content (AvgIpc) is 3.09. The zero-order valence-corrected chi connectivity index (χ0v) is 18.0. The van der Waals surface area contributed by atoms with Gasteiger partial charge in [-0.05, 0) is 0 Å². The molecule has 0 aromatic carbocycles. The number of hydrogen-bond donors (Lipinski definition) is 2. The number of quaternary nitrogens is 2. The predicted molar refractivity (Wildman–Crippen MR) is 97.5 cm³/mol. The summed E-state index contributed by atoms with van der Waals surface area (Å²) in [6.07, 6.45) is 3.83. The number of nitrogens with two attached hydrogens (primary N) is 1. The van der Waals surface area contributed by atoms with Gasteiger partial charge in [0.2, 0.25) is 0 Å². The van der Waals surface area contributed by atoms with Gasteiger partial charge in [0.05, 0.1) is 39.2 Å². The van der Waals surface area contributed by atoms with Gasteiger partial charge in [0.25, 0.3) is 5.56 Å². The van der Waals surface area contributed by atoms with E-state index in [1.54, 1.807) is 18.3 Å². The Kier molecular flexibility index (Phi) is 10.2. The fourth-order valence-corrected chi connectivity index (χ4v) is 3.52. The van der Waals surface area contributed by atoms with Gasteiger partial charge in [-0.1, -0.05) is 0 Å². The van der Waals surface area contributed by atoms with Crippen molar-refractivity contribution in [1.82, 2.24) is 18.7 Å². The van der Waals surface area contributed by atoms with Crippen LogP contribution >= 0.6 is 0 Å². The molecule has 3 N–H and O–H groups in total. The molecule has 0 unspecified atom stereocenters. The van der Waals surface area contributed by atoms with E-state index < -0.39 is 0 Å². The number of rotatable bonds is 8. The Labute approximate surface area is 176 Å². The smallest absolute Gasteiger partial charge is 0.332 e. The molecule has 3 heterocycles. The van der Waals surface area contributed by atoms with Crippen molar-refractivity contribution in [3.05, 3.63) is 27.2 Å². The maximum absolute atomic E-state index is 12.4. The van der Waals surface area contributed by atoms with Gasteiger partial charge in [0.1, 0.15) is 13.1 Å². The lowest BCUT2D eigenvalue weighted by Gasteiger charge is -2.23. The Bertz CT molecular complexity index is 857. The van der Waals surface area contributed by atoms with Crippen LogP contribution in [0.25, 0.3) is 11.2 Å². The molecular formula is C17H30Cl2N6O3. The second-order valence-electron chi connectivity index (χ2n) is 7.00. The lowest BCUT2D eigenvalue weighted by atomic mass is 10.3. The Morgan fingerprint density at radius 3 is 2.50 bits per heavy atom. The van der Waals surface area contributed by atoms with Crippen molar-refractivity contribution in [2.45, 2.75) is 19.4 Å². The number of ether oxygens (including phenoxy) is 1. The van der Waals surface area contributed by atoms with Crippen molar-refractivity contribution in [2.24, 2.45) is 14.1 Å². The summed E-state index contributed by atoms with van der Waals surface area (Å²) in [5.41, 5.74) is 0.336. The topological polar surface area (TPSA) is 92.1 Å². The number of aromatic nitrogens is 4. The van der Waals surface area contributed by atoms with E-state index in [4.69, 9.17) is 4.74 Å². The standard InChI is InChI=1S/C17H28N6O3.2ClH/c1-20-15-14(16(24)21(2)17(20)25)23(13-19-15)8-4-6-18-5-3-7-22-9-11-26-12-10-22;;/h13,18H,3-12H2,1-2H3;2*1H. The van der Waals surface area contributed by atoms with E-state index in [2.05, 4.69) is 10.3 Å². The molecule has 1 saturated heterocycles. The Morgan fingerprint density at radius 2 is 1.79 bits per heavy atom. The summed E-state index contributed by atoms with van der Waals surface area (Å²) in [7, 11) is 3.15. The number of nitrogens with one attached hydrogen (secondary N) is 1. The van der Waals surface area contributed by atoms with Crippen molar-refractivity contribution in [2.75, 3.05) is 45.9 Å². The Hall–Kier alpha value is -1.39. The molecule has 0 amide bonds. The summed E-state index contributed by atoms with van der Waals surface area (Å²) < 4.78 is 9.80. The van der Waals surface area contributed by atoms with Gasteiger partial charge < -0.3 is 44.3 Å². The highest BCUT2D eigenvalue weighted by Gasteiger charge is 2.14. The molecule has 0 atom stereocenters. The zero-order chi connectivity index (χ0) is 18.5. The van der Waals surface area contributed by atoms with Gasteiger partial charge in [-0.15, -0.1) is 0 Å². The van der Waals surface area contributed by atoms with E-state index >= 15 is 0 Å². The number of morpholine rings is 1. The minimum atomic E-state index is -0.344. The number of imidazole rings is 1. The first kappa shape index (κ1) is 24.6. The summed E-state index contributed by atoms with van der Waals surface area (Å²) >= 11 is 0. The first-order valence-electron chi connectivity index (χ1n) is 9.43. The predicted octanol–water partition coefficient (Wildman–Crippen LogP) is -9.30. The molecule has 2 aromatic rings. The molecule has 11 heteroatoms. The van der Waals surface area contributed by atoms with Crippen molar-refractivity contribution in [3.63, 3.8) is 0 Å². The number of aryl methyl sites for hydroxylation is 2. The molecule has 0 radical (unpaired) electrons. The second kappa shape index (κ2) is 11.6. The fourth-order valence-electron chi connectivity index (χ4n) is 3.52. The van der Waals surface area contributed by atoms with E-state index in [1.165, 1.54) is 24.6 Å². The summed E-state index contributed by atoms with van der Waals surface area (Å²) in [6.45, 7) is 8.14. The van der Waals surface area contributed by atoms with Crippen LogP contribution in [0, 0.1) is 0 Å². The molecular weight excluding hydrogens is 407 g/mol. The van der Waals surface area contributed by atoms with Crippen molar-refractivity contribution in [3.8, 4) is 0 Å². The largest absolute Gasteiger partial charge is 1.00 e. The van der Waals surface area contributed by atoms with Crippen LogP contribution in [0.3, 0.4) is 0 Å². The zero-order valence-electron chi connectivity index (χ0n) is 16.5. The van der Waals surface area contributed by atoms with Gasteiger partial charge >= 0.3 is 5.69 Å². The molecule has 0 bridgehead atoms. The van der Waals surface area contributed by atoms with Gasteiger partial charge in [-0.2, -0.15) is 0 Å². The Morgan fingerprint density at radius 1 is 1.11 bits per heavy atom. The van der Waals surface area contributed by atoms with Crippen molar-refractivity contribution < 1.29 is 39.8 Å². The second-order valence-corrected chi connectivity index (χ2v) is 7.00. The molecule has 160 valence electrons. The summed E-state index contributed by atoms with van der Waals surface area (Å²) in [5, 5.41) is 2.34. The SMILES string of the molecule is Cn1c(=O)c2c(ncn2CCC[NH2+]CCC[NH+]2CCOCC2)n(C)c1=O.[Cl-].[Cl-]. The van der Waals surface area contributed by atoms with Crippen LogP contribution in [0.5, 0.6) is 0 Å². The van der Waals surface area contributed by atoms with Gasteiger partial charge in [0.15, 0.2) is 11.2 Å². The summed E-state index contributed by atoms with van der Waals surface area (Å²) in [6, 6.07) is 0. The monoisotopic (exact) mass is 436 g/mol. The third kappa shape index (κ3) is 5.57. The molecule has 1 fully saturated rings. The summed E-state index contributed by atoms with van der Waals surface area (Å²) in [5.74, 6) is 0. The van der Waals surface area contributed by atoms with E-state index in [0.717, 1.165) is 56.9 Å². The van der Waals surface area contributed by atoms with Crippen LogP contribution in [-0.4, -0.2) is 64.6 Å². The van der Waals surface area contributed by atoms with Crippen molar-refractivity contribution >= 4 is 11.2 Å². The van der Waals surface area contributed by atoms with E-state index in [1.807, 2.05) is 4.57 Å². The molecule has 1 aliphatic heterocycles. The molecule has 3 rings (SSSR count). The molecule has 1 aliphatic rings. The van der Waals surface area contributed by atoms with Gasteiger partial charge in [0, 0.05) is 33.5 Å². The minimum absolute atomic E-state index is 0.